The molecule has 1 fully saturated rings. The van der Waals surface area contributed by atoms with Crippen LogP contribution in [0.15, 0.2) is 33.9 Å². The molecule has 2 heterocycles. The van der Waals surface area contributed by atoms with Gasteiger partial charge in [-0.05, 0) is 50.5 Å². The molecule has 1 aliphatic rings. The topological polar surface area (TPSA) is 59.2 Å². The Balaban J connectivity index is 1.58. The third-order valence-corrected chi connectivity index (χ3v) is 4.74. The second kappa shape index (κ2) is 7.12. The van der Waals surface area contributed by atoms with Crippen LogP contribution in [0.25, 0.3) is 11.5 Å². The van der Waals surface area contributed by atoms with Gasteiger partial charge in [-0.1, -0.05) is 11.8 Å². The number of likely N-dealkylation sites (tertiary alicyclic amines) is 1. The molecule has 3 rings (SSSR count). The fourth-order valence-corrected chi connectivity index (χ4v) is 3.30. The van der Waals surface area contributed by atoms with Gasteiger partial charge in [-0.15, -0.1) is 10.2 Å². The minimum Gasteiger partial charge on any atom is -0.411 e. The molecule has 23 heavy (non-hydrogen) atoms. The van der Waals surface area contributed by atoms with Crippen LogP contribution < -0.4 is 0 Å². The monoisotopic (exact) mass is 335 g/mol. The lowest BCUT2D eigenvalue weighted by molar-refractivity contribution is -0.131. The molecular formula is C16H18FN3O2S. The van der Waals surface area contributed by atoms with Crippen molar-refractivity contribution in [2.24, 2.45) is 0 Å². The van der Waals surface area contributed by atoms with Crippen molar-refractivity contribution < 1.29 is 13.6 Å². The largest absolute Gasteiger partial charge is 0.411 e. The van der Waals surface area contributed by atoms with Crippen molar-refractivity contribution in [3.8, 4) is 11.5 Å². The Morgan fingerprint density at radius 3 is 2.87 bits per heavy atom. The van der Waals surface area contributed by atoms with E-state index in [9.17, 15) is 9.18 Å². The van der Waals surface area contributed by atoms with Gasteiger partial charge in [-0.3, -0.25) is 4.79 Å². The van der Waals surface area contributed by atoms with E-state index in [0.717, 1.165) is 19.4 Å². The van der Waals surface area contributed by atoms with E-state index >= 15 is 0 Å². The van der Waals surface area contributed by atoms with Crippen LogP contribution in [0.3, 0.4) is 0 Å². The molecule has 0 aliphatic carbocycles. The molecule has 5 nitrogen and oxygen atoms in total. The normalized spacial score (nSPS) is 18.2. The zero-order valence-corrected chi connectivity index (χ0v) is 13.7. The molecule has 1 atom stereocenters. The third-order valence-electron chi connectivity index (χ3n) is 3.94. The highest BCUT2D eigenvalue weighted by molar-refractivity contribution is 7.99. The Hall–Kier alpha value is -1.89. The van der Waals surface area contributed by atoms with Crippen molar-refractivity contribution in [1.82, 2.24) is 15.1 Å². The van der Waals surface area contributed by atoms with Crippen molar-refractivity contribution in [2.45, 2.75) is 37.5 Å². The number of rotatable bonds is 4. The SMILES string of the molecule is CC1CCCCN1C(=O)CSc1nnc(-c2ccc(F)cc2)o1. The van der Waals surface area contributed by atoms with E-state index in [1.54, 1.807) is 12.1 Å². The van der Waals surface area contributed by atoms with E-state index in [-0.39, 0.29) is 17.5 Å². The predicted molar refractivity (Wildman–Crippen MR) is 85.4 cm³/mol. The van der Waals surface area contributed by atoms with Crippen LogP contribution in [0.4, 0.5) is 4.39 Å². The Labute approximate surface area is 138 Å². The average molecular weight is 335 g/mol. The van der Waals surface area contributed by atoms with Crippen LogP contribution >= 0.6 is 11.8 Å². The molecule has 7 heteroatoms. The molecule has 0 radical (unpaired) electrons. The van der Waals surface area contributed by atoms with Gasteiger partial charge in [0.2, 0.25) is 11.8 Å². The van der Waals surface area contributed by atoms with Gasteiger partial charge >= 0.3 is 0 Å². The summed E-state index contributed by atoms with van der Waals surface area (Å²) in [5.74, 6) is 0.397. The van der Waals surface area contributed by atoms with Crippen LogP contribution in [-0.2, 0) is 4.79 Å². The van der Waals surface area contributed by atoms with E-state index in [1.807, 2.05) is 4.90 Å². The highest BCUT2D eigenvalue weighted by Gasteiger charge is 2.23. The van der Waals surface area contributed by atoms with Gasteiger partial charge in [0.25, 0.3) is 5.22 Å². The van der Waals surface area contributed by atoms with Gasteiger partial charge < -0.3 is 9.32 Å². The van der Waals surface area contributed by atoms with Crippen molar-refractivity contribution in [2.75, 3.05) is 12.3 Å². The molecule has 1 aromatic heterocycles. The summed E-state index contributed by atoms with van der Waals surface area (Å²) in [5, 5.41) is 8.22. The Kier molecular flexibility index (Phi) is 4.95. The second-order valence-corrected chi connectivity index (χ2v) is 6.53. The Morgan fingerprint density at radius 2 is 2.13 bits per heavy atom. The summed E-state index contributed by atoms with van der Waals surface area (Å²) >= 11 is 1.24. The lowest BCUT2D eigenvalue weighted by Gasteiger charge is -2.33. The quantitative estimate of drug-likeness (QED) is 0.802. The summed E-state index contributed by atoms with van der Waals surface area (Å²) in [6.07, 6.45) is 3.31. The maximum Gasteiger partial charge on any atom is 0.277 e. The lowest BCUT2D eigenvalue weighted by Crippen LogP contribution is -2.42. The average Bonchev–Trinajstić information content (AvgIpc) is 3.03. The van der Waals surface area contributed by atoms with Crippen LogP contribution in [0.2, 0.25) is 0 Å². The molecule has 1 aliphatic heterocycles. The smallest absolute Gasteiger partial charge is 0.277 e. The molecule has 1 unspecified atom stereocenters. The number of benzene rings is 1. The maximum atomic E-state index is 12.9. The first-order valence-electron chi connectivity index (χ1n) is 7.65. The minimum atomic E-state index is -0.316. The number of aromatic nitrogens is 2. The maximum absolute atomic E-state index is 12.9. The van der Waals surface area contributed by atoms with E-state index in [2.05, 4.69) is 17.1 Å². The van der Waals surface area contributed by atoms with Crippen molar-refractivity contribution >= 4 is 17.7 Å². The summed E-state index contributed by atoms with van der Waals surface area (Å²) in [4.78, 5) is 14.2. The number of nitrogens with zero attached hydrogens (tertiary/aromatic N) is 3. The Bertz CT molecular complexity index is 674. The van der Waals surface area contributed by atoms with Gasteiger partial charge in [0.05, 0.1) is 5.75 Å². The summed E-state index contributed by atoms with van der Waals surface area (Å²) < 4.78 is 18.4. The predicted octanol–water partition coefficient (Wildman–Crippen LogP) is 3.37. The summed E-state index contributed by atoms with van der Waals surface area (Å²) in [6.45, 7) is 2.91. The van der Waals surface area contributed by atoms with Crippen molar-refractivity contribution in [3.63, 3.8) is 0 Å². The highest BCUT2D eigenvalue weighted by Crippen LogP contribution is 2.24. The number of hydrogen-bond donors (Lipinski definition) is 0. The highest BCUT2D eigenvalue weighted by atomic mass is 32.2. The first-order chi connectivity index (χ1) is 11.1. The van der Waals surface area contributed by atoms with Crippen LogP contribution in [0.5, 0.6) is 0 Å². The number of thioether (sulfide) groups is 1. The fraction of sp³-hybridized carbons (Fsp3) is 0.438. The number of carbonyl (C=O) groups is 1. The molecule has 0 N–H and O–H groups in total. The summed E-state index contributed by atoms with van der Waals surface area (Å²) in [6, 6.07) is 6.14. The summed E-state index contributed by atoms with van der Waals surface area (Å²) in [5.41, 5.74) is 0.654. The molecule has 0 saturated carbocycles. The van der Waals surface area contributed by atoms with Gasteiger partial charge in [-0.2, -0.15) is 0 Å². The molecule has 1 saturated heterocycles. The molecule has 1 amide bonds. The molecule has 0 spiro atoms. The van der Waals surface area contributed by atoms with Gasteiger partial charge in [0.15, 0.2) is 0 Å². The Morgan fingerprint density at radius 1 is 1.35 bits per heavy atom. The molecule has 1 aromatic carbocycles. The fourth-order valence-electron chi connectivity index (χ4n) is 2.65. The van der Waals surface area contributed by atoms with E-state index in [4.69, 9.17) is 4.42 Å². The summed E-state index contributed by atoms with van der Waals surface area (Å²) in [7, 11) is 0. The van der Waals surface area contributed by atoms with Crippen molar-refractivity contribution in [1.29, 1.82) is 0 Å². The zero-order chi connectivity index (χ0) is 16.2. The van der Waals surface area contributed by atoms with Gasteiger partial charge in [0, 0.05) is 18.2 Å². The number of amides is 1. The van der Waals surface area contributed by atoms with Crippen LogP contribution in [0, 0.1) is 5.82 Å². The van der Waals surface area contributed by atoms with E-state index < -0.39 is 0 Å². The first kappa shape index (κ1) is 16.0. The number of halogens is 1. The number of carbonyl (C=O) groups excluding carboxylic acids is 1. The standard InChI is InChI=1S/C16H18FN3O2S/c1-11-4-2-3-9-20(11)14(21)10-23-16-19-18-15(22-16)12-5-7-13(17)8-6-12/h5-8,11H,2-4,9-10H2,1H3. The van der Waals surface area contributed by atoms with E-state index in [0.29, 0.717) is 22.7 Å². The van der Waals surface area contributed by atoms with Gasteiger partial charge in [0.1, 0.15) is 5.82 Å². The molecular weight excluding hydrogens is 317 g/mol. The van der Waals surface area contributed by atoms with E-state index in [1.165, 1.54) is 30.3 Å². The lowest BCUT2D eigenvalue weighted by atomic mass is 10.0. The molecule has 2 aromatic rings. The van der Waals surface area contributed by atoms with Crippen LogP contribution in [0.1, 0.15) is 26.2 Å². The molecule has 0 bridgehead atoms. The second-order valence-electron chi connectivity index (χ2n) is 5.60. The van der Waals surface area contributed by atoms with Crippen molar-refractivity contribution in [3.05, 3.63) is 30.1 Å². The molecule has 122 valence electrons. The number of hydrogen-bond acceptors (Lipinski definition) is 5. The third kappa shape index (κ3) is 3.90. The van der Waals surface area contributed by atoms with Gasteiger partial charge in [-0.25, -0.2) is 4.39 Å². The first-order valence-corrected chi connectivity index (χ1v) is 8.64. The number of piperidine rings is 1. The minimum absolute atomic E-state index is 0.101. The van der Waals surface area contributed by atoms with Crippen LogP contribution in [-0.4, -0.2) is 39.3 Å². The zero-order valence-electron chi connectivity index (χ0n) is 12.9.